The first-order valence-corrected chi connectivity index (χ1v) is 8.78. The smallest absolute Gasteiger partial charge is 0.138 e. The number of fused-ring (bicyclic) bond motifs is 1. The van der Waals surface area contributed by atoms with Crippen LogP contribution in [-0.4, -0.2) is 46.2 Å². The van der Waals surface area contributed by atoms with Crippen molar-refractivity contribution >= 4 is 41.2 Å². The van der Waals surface area contributed by atoms with Gasteiger partial charge in [0.1, 0.15) is 23.7 Å². The van der Waals surface area contributed by atoms with Crippen molar-refractivity contribution < 1.29 is 9.15 Å². The van der Waals surface area contributed by atoms with Crippen LogP contribution in [-0.2, 0) is 0 Å². The second-order valence-corrected chi connectivity index (χ2v) is 6.82. The van der Waals surface area contributed by atoms with E-state index in [1.165, 1.54) is 5.69 Å². The van der Waals surface area contributed by atoms with Crippen molar-refractivity contribution in [3.63, 3.8) is 0 Å². The molecule has 0 N–H and O–H groups in total. The Hall–Kier alpha value is -2.43. The monoisotopic (exact) mass is 386 g/mol. The van der Waals surface area contributed by atoms with E-state index in [9.17, 15) is 0 Å². The van der Waals surface area contributed by atoms with Crippen LogP contribution in [0.2, 0.25) is 0 Å². The number of furan rings is 1. The number of rotatable bonds is 7. The molecule has 0 fully saturated rings. The normalized spacial score (nSPS) is 11.1. The number of likely N-dealkylation sites (N-methyl/N-ethyl adjacent to an activating group) is 1. The van der Waals surface area contributed by atoms with Gasteiger partial charge in [-0.15, -0.1) is 12.4 Å². The number of halogens is 1. The largest absolute Gasteiger partial charge is 0.492 e. The molecule has 3 rings (SSSR count). The van der Waals surface area contributed by atoms with E-state index in [0.717, 1.165) is 34.6 Å². The van der Waals surface area contributed by atoms with Crippen LogP contribution in [0.1, 0.15) is 11.3 Å². The topological polar surface area (TPSA) is 28.9 Å². The lowest BCUT2D eigenvalue weighted by Crippen LogP contribution is -2.19. The molecule has 0 aliphatic carbocycles. The van der Waals surface area contributed by atoms with Crippen molar-refractivity contribution in [1.29, 1.82) is 0 Å². The highest BCUT2D eigenvalue weighted by Gasteiger charge is 2.04. The Morgan fingerprint density at radius 1 is 0.926 bits per heavy atom. The Labute approximate surface area is 167 Å². The molecule has 3 aromatic rings. The Balaban J connectivity index is 0.00000261. The lowest BCUT2D eigenvalue weighted by molar-refractivity contribution is 0.261. The van der Waals surface area contributed by atoms with Gasteiger partial charge in [0.25, 0.3) is 0 Å². The zero-order chi connectivity index (χ0) is 18.5. The second-order valence-electron chi connectivity index (χ2n) is 6.82. The number of nitrogens with zero attached hydrogens (tertiary/aromatic N) is 2. The van der Waals surface area contributed by atoms with Gasteiger partial charge in [-0.3, -0.25) is 0 Å². The standard InChI is InChI=1S/C22H26N2O2.ClH/c1-23(2)13-14-25-20-12-8-18-15-21(26-22(18)16-20)11-7-17-5-9-19(10-6-17)24(3)4;/h5-12,15-16H,13-14H2,1-4H3;1H. The fourth-order valence-corrected chi connectivity index (χ4v) is 2.61. The molecule has 1 heterocycles. The molecule has 0 spiro atoms. The Morgan fingerprint density at radius 3 is 2.33 bits per heavy atom. The SMILES string of the molecule is CN(C)CCOc1ccc2cc(C=Cc3ccc(N(C)C)cc3)oc2c1.Cl. The maximum absolute atomic E-state index is 5.93. The van der Waals surface area contributed by atoms with Gasteiger partial charge in [0.05, 0.1) is 0 Å². The highest BCUT2D eigenvalue weighted by Crippen LogP contribution is 2.25. The summed E-state index contributed by atoms with van der Waals surface area (Å²) in [5, 5.41) is 1.08. The third-order valence-corrected chi connectivity index (χ3v) is 4.17. The quantitative estimate of drug-likeness (QED) is 0.569. The number of hydrogen-bond donors (Lipinski definition) is 0. The molecule has 0 aliphatic heterocycles. The van der Waals surface area contributed by atoms with Gasteiger partial charge in [0.2, 0.25) is 0 Å². The summed E-state index contributed by atoms with van der Waals surface area (Å²) in [6.45, 7) is 1.55. The molecule has 0 aliphatic rings. The summed E-state index contributed by atoms with van der Waals surface area (Å²) in [5.74, 6) is 1.67. The van der Waals surface area contributed by atoms with Crippen LogP contribution in [0.5, 0.6) is 5.75 Å². The summed E-state index contributed by atoms with van der Waals surface area (Å²) in [4.78, 5) is 4.18. The molecule has 0 bridgehead atoms. The van der Waals surface area contributed by atoms with E-state index >= 15 is 0 Å². The molecule has 0 unspecified atom stereocenters. The van der Waals surface area contributed by atoms with E-state index in [1.807, 2.05) is 58.5 Å². The van der Waals surface area contributed by atoms with Crippen molar-refractivity contribution in [3.05, 3.63) is 59.9 Å². The Morgan fingerprint density at radius 2 is 1.67 bits per heavy atom. The lowest BCUT2D eigenvalue weighted by atomic mass is 10.1. The maximum atomic E-state index is 5.93. The lowest BCUT2D eigenvalue weighted by Gasteiger charge is -2.11. The molecular weight excluding hydrogens is 360 g/mol. The minimum Gasteiger partial charge on any atom is -0.492 e. The van der Waals surface area contributed by atoms with Crippen LogP contribution in [0, 0.1) is 0 Å². The Bertz CT molecular complexity index is 883. The highest BCUT2D eigenvalue weighted by molar-refractivity contribution is 5.85. The molecule has 0 radical (unpaired) electrons. The van der Waals surface area contributed by atoms with Gasteiger partial charge in [-0.05, 0) is 56.1 Å². The summed E-state index contributed by atoms with van der Waals surface area (Å²) in [5.41, 5.74) is 3.17. The van der Waals surface area contributed by atoms with Gasteiger partial charge in [-0.1, -0.05) is 18.2 Å². The molecule has 4 nitrogen and oxygen atoms in total. The van der Waals surface area contributed by atoms with Crippen LogP contribution < -0.4 is 9.64 Å². The minimum atomic E-state index is 0. The average molecular weight is 387 g/mol. The van der Waals surface area contributed by atoms with E-state index < -0.39 is 0 Å². The zero-order valence-corrected chi connectivity index (χ0v) is 17.1. The van der Waals surface area contributed by atoms with Gasteiger partial charge >= 0.3 is 0 Å². The van der Waals surface area contributed by atoms with Crippen molar-refractivity contribution in [2.75, 3.05) is 46.2 Å². The molecule has 27 heavy (non-hydrogen) atoms. The molecule has 0 saturated heterocycles. The first-order chi connectivity index (χ1) is 12.5. The van der Waals surface area contributed by atoms with E-state index in [4.69, 9.17) is 9.15 Å². The highest BCUT2D eigenvalue weighted by atomic mass is 35.5. The third-order valence-electron chi connectivity index (χ3n) is 4.17. The maximum Gasteiger partial charge on any atom is 0.138 e. The number of hydrogen-bond acceptors (Lipinski definition) is 4. The van der Waals surface area contributed by atoms with Crippen molar-refractivity contribution in [3.8, 4) is 5.75 Å². The van der Waals surface area contributed by atoms with Crippen LogP contribution in [0.15, 0.2) is 52.9 Å². The van der Waals surface area contributed by atoms with E-state index in [-0.39, 0.29) is 12.4 Å². The molecule has 0 saturated carbocycles. The summed E-state index contributed by atoms with van der Waals surface area (Å²) in [6.07, 6.45) is 4.06. The van der Waals surface area contributed by atoms with Gasteiger partial charge in [-0.2, -0.15) is 0 Å². The summed E-state index contributed by atoms with van der Waals surface area (Å²) in [6, 6.07) is 16.4. The van der Waals surface area contributed by atoms with Crippen LogP contribution in [0.3, 0.4) is 0 Å². The summed E-state index contributed by atoms with van der Waals surface area (Å²) >= 11 is 0. The zero-order valence-electron chi connectivity index (χ0n) is 16.3. The molecule has 2 aromatic carbocycles. The second kappa shape index (κ2) is 9.49. The summed E-state index contributed by atoms with van der Waals surface area (Å²) < 4.78 is 11.7. The Kier molecular flexibility index (Phi) is 7.34. The van der Waals surface area contributed by atoms with Gasteiger partial charge < -0.3 is 19.0 Å². The molecular formula is C22H27ClN2O2. The molecule has 144 valence electrons. The fraction of sp³-hybridized carbons (Fsp3) is 0.273. The van der Waals surface area contributed by atoms with E-state index in [1.54, 1.807) is 0 Å². The first kappa shape index (κ1) is 20.9. The van der Waals surface area contributed by atoms with E-state index in [0.29, 0.717) is 6.61 Å². The average Bonchev–Trinajstić information content (AvgIpc) is 3.02. The molecule has 0 atom stereocenters. The molecule has 1 aromatic heterocycles. The van der Waals surface area contributed by atoms with Crippen molar-refractivity contribution in [2.45, 2.75) is 0 Å². The van der Waals surface area contributed by atoms with Gasteiger partial charge in [-0.25, -0.2) is 0 Å². The van der Waals surface area contributed by atoms with Crippen molar-refractivity contribution in [1.82, 2.24) is 4.90 Å². The first-order valence-electron chi connectivity index (χ1n) is 8.78. The molecule has 5 heteroatoms. The number of anilines is 1. The predicted octanol–water partition coefficient (Wildman–Crippen LogP) is 5.03. The molecule has 0 amide bonds. The summed E-state index contributed by atoms with van der Waals surface area (Å²) in [7, 11) is 8.15. The minimum absolute atomic E-state index is 0. The third kappa shape index (κ3) is 5.78. The number of benzene rings is 2. The van der Waals surface area contributed by atoms with Crippen molar-refractivity contribution in [2.24, 2.45) is 0 Å². The van der Waals surface area contributed by atoms with Crippen LogP contribution >= 0.6 is 12.4 Å². The van der Waals surface area contributed by atoms with Crippen LogP contribution in [0.4, 0.5) is 5.69 Å². The number of ether oxygens (including phenoxy) is 1. The predicted molar refractivity (Wildman–Crippen MR) is 117 cm³/mol. The van der Waals surface area contributed by atoms with E-state index in [2.05, 4.69) is 40.1 Å². The van der Waals surface area contributed by atoms with Gasteiger partial charge in [0.15, 0.2) is 0 Å². The fourth-order valence-electron chi connectivity index (χ4n) is 2.61. The van der Waals surface area contributed by atoms with Crippen LogP contribution in [0.25, 0.3) is 23.1 Å². The van der Waals surface area contributed by atoms with Gasteiger partial charge in [0, 0.05) is 37.8 Å².